The zero-order valence-electron chi connectivity index (χ0n) is 26.9. The molecular formula is C33H41F3N4O6S. The molecule has 1 aliphatic rings. The maximum atomic E-state index is 13.7. The minimum Gasteiger partial charge on any atom is -0.495 e. The number of methoxy groups -OCH3 is 2. The largest absolute Gasteiger partial charge is 0.495 e. The number of esters is 1. The molecule has 10 nitrogen and oxygen atoms in total. The summed E-state index contributed by atoms with van der Waals surface area (Å²) in [6.07, 6.45) is -1.82. The zero-order valence-corrected chi connectivity index (χ0v) is 27.8. The van der Waals surface area contributed by atoms with Crippen LogP contribution in [0, 0.1) is 11.8 Å². The molecule has 0 amide bonds. The second kappa shape index (κ2) is 15.8. The molecule has 0 radical (unpaired) electrons. The van der Waals surface area contributed by atoms with Crippen molar-refractivity contribution in [3.63, 3.8) is 0 Å². The topological polar surface area (TPSA) is 111 Å². The molecule has 1 atom stereocenters. The first-order valence-electron chi connectivity index (χ1n) is 15.3. The highest BCUT2D eigenvalue weighted by atomic mass is 32.2. The number of hydrogen-bond acceptors (Lipinski definition) is 9. The average Bonchev–Trinajstić information content (AvgIpc) is 3.36. The number of likely N-dealkylation sites (tertiary alicyclic amines) is 1. The number of anilines is 2. The maximum Gasteiger partial charge on any atom is 0.406 e. The summed E-state index contributed by atoms with van der Waals surface area (Å²) in [5.41, 5.74) is 1.86. The van der Waals surface area contributed by atoms with Crippen LogP contribution in [0.1, 0.15) is 31.9 Å². The van der Waals surface area contributed by atoms with Crippen molar-refractivity contribution in [2.24, 2.45) is 0 Å². The van der Waals surface area contributed by atoms with Gasteiger partial charge in [0.15, 0.2) is 9.84 Å². The number of benzene rings is 2. The van der Waals surface area contributed by atoms with Gasteiger partial charge in [0, 0.05) is 62.6 Å². The molecule has 1 aliphatic heterocycles. The van der Waals surface area contributed by atoms with Gasteiger partial charge in [-0.15, -0.1) is 0 Å². The minimum absolute atomic E-state index is 0.0781. The van der Waals surface area contributed by atoms with E-state index in [1.165, 1.54) is 23.8 Å². The van der Waals surface area contributed by atoms with E-state index in [0.29, 0.717) is 41.9 Å². The van der Waals surface area contributed by atoms with E-state index in [9.17, 15) is 26.4 Å². The molecule has 0 aliphatic carbocycles. The molecule has 1 fully saturated rings. The summed E-state index contributed by atoms with van der Waals surface area (Å²) in [6.45, 7) is 3.04. The van der Waals surface area contributed by atoms with Crippen LogP contribution in [0.3, 0.4) is 0 Å². The molecule has 0 unspecified atom stereocenters. The smallest absolute Gasteiger partial charge is 0.406 e. The Labute approximate surface area is 273 Å². The summed E-state index contributed by atoms with van der Waals surface area (Å²) < 4.78 is 82.0. The lowest BCUT2D eigenvalue weighted by Gasteiger charge is -2.34. The van der Waals surface area contributed by atoms with Gasteiger partial charge in [0.25, 0.3) is 0 Å². The van der Waals surface area contributed by atoms with Crippen LogP contribution in [0.25, 0.3) is 10.9 Å². The monoisotopic (exact) mass is 678 g/mol. The highest BCUT2D eigenvalue weighted by molar-refractivity contribution is 7.90. The van der Waals surface area contributed by atoms with Gasteiger partial charge in [-0.25, -0.2) is 8.42 Å². The summed E-state index contributed by atoms with van der Waals surface area (Å²) in [5.74, 6) is 5.81. The average molecular weight is 679 g/mol. The van der Waals surface area contributed by atoms with E-state index in [-0.39, 0.29) is 35.2 Å². The molecule has 2 heterocycles. The summed E-state index contributed by atoms with van der Waals surface area (Å²) in [7, 11) is -0.449. The lowest BCUT2D eigenvalue weighted by molar-refractivity contribution is -0.152. The Kier molecular flexibility index (Phi) is 12.1. The number of halogens is 3. The number of nitrogens with zero attached hydrogens (tertiary/aromatic N) is 2. The van der Waals surface area contributed by atoms with Crippen molar-refractivity contribution in [1.82, 2.24) is 9.47 Å². The molecule has 4 rings (SSSR count). The molecule has 0 saturated carbocycles. The molecular weight excluding hydrogens is 637 g/mol. The molecule has 1 saturated heterocycles. The fraction of sp³-hybridized carbons (Fsp3) is 0.485. The molecule has 3 aromatic rings. The van der Waals surface area contributed by atoms with Gasteiger partial charge in [-0.1, -0.05) is 18.9 Å². The SMILES string of the molecule is CCC(=O)O[C@H](COC)CN1CCC(Nc2cccc3c2cc(C#CCNc2ccc(S(C)(=O)=O)cc2OC)n3CC(F)(F)F)CC1. The fourth-order valence-electron chi connectivity index (χ4n) is 5.53. The van der Waals surface area contributed by atoms with Crippen molar-refractivity contribution >= 4 is 38.1 Å². The van der Waals surface area contributed by atoms with E-state index >= 15 is 0 Å². The number of ether oxygens (including phenoxy) is 3. The van der Waals surface area contributed by atoms with Gasteiger partial charge in [-0.05, 0) is 49.1 Å². The van der Waals surface area contributed by atoms with Crippen LogP contribution in [-0.2, 0) is 30.7 Å². The van der Waals surface area contributed by atoms with Gasteiger partial charge >= 0.3 is 12.1 Å². The Morgan fingerprint density at radius 1 is 1.11 bits per heavy atom. The van der Waals surface area contributed by atoms with Crippen LogP contribution >= 0.6 is 0 Å². The molecule has 0 spiro atoms. The number of alkyl halides is 3. The van der Waals surface area contributed by atoms with Crippen molar-refractivity contribution in [2.75, 3.05) is 63.9 Å². The lowest BCUT2D eigenvalue weighted by atomic mass is 10.0. The Balaban J connectivity index is 1.48. The third-order valence-electron chi connectivity index (χ3n) is 7.82. The maximum absolute atomic E-state index is 13.7. The number of nitrogens with one attached hydrogen (secondary N) is 2. The van der Waals surface area contributed by atoms with E-state index in [1.54, 1.807) is 38.3 Å². The van der Waals surface area contributed by atoms with Crippen molar-refractivity contribution in [3.05, 3.63) is 48.2 Å². The Morgan fingerprint density at radius 3 is 2.49 bits per heavy atom. The first kappa shape index (κ1) is 35.9. The second-order valence-corrected chi connectivity index (χ2v) is 13.4. The fourth-order valence-corrected chi connectivity index (χ4v) is 6.17. The van der Waals surface area contributed by atoms with Crippen LogP contribution in [0.2, 0.25) is 0 Å². The predicted molar refractivity (Wildman–Crippen MR) is 175 cm³/mol. The number of aromatic nitrogens is 1. The van der Waals surface area contributed by atoms with E-state index in [4.69, 9.17) is 14.2 Å². The van der Waals surface area contributed by atoms with Crippen LogP contribution in [0.4, 0.5) is 24.5 Å². The van der Waals surface area contributed by atoms with Crippen LogP contribution in [0.5, 0.6) is 5.75 Å². The molecule has 256 valence electrons. The van der Waals surface area contributed by atoms with Crippen molar-refractivity contribution in [3.8, 4) is 17.6 Å². The first-order chi connectivity index (χ1) is 22.3. The van der Waals surface area contributed by atoms with Crippen LogP contribution in [0.15, 0.2) is 47.4 Å². The van der Waals surface area contributed by atoms with Gasteiger partial charge in [0.05, 0.1) is 42.1 Å². The molecule has 1 aromatic heterocycles. The minimum atomic E-state index is -4.46. The quantitative estimate of drug-likeness (QED) is 0.192. The van der Waals surface area contributed by atoms with Crippen molar-refractivity contribution in [1.29, 1.82) is 0 Å². The highest BCUT2D eigenvalue weighted by Gasteiger charge is 2.30. The summed E-state index contributed by atoms with van der Waals surface area (Å²) in [6, 6.07) is 11.4. The third-order valence-corrected chi connectivity index (χ3v) is 8.93. The lowest BCUT2D eigenvalue weighted by Crippen LogP contribution is -2.44. The molecule has 2 aromatic carbocycles. The zero-order chi connectivity index (χ0) is 34.2. The molecule has 0 bridgehead atoms. The number of hydrogen-bond donors (Lipinski definition) is 2. The number of sulfone groups is 1. The Bertz CT molecular complexity index is 1710. The number of carbonyl (C=O) groups is 1. The van der Waals surface area contributed by atoms with E-state index in [1.807, 2.05) is 6.07 Å². The summed E-state index contributed by atoms with van der Waals surface area (Å²) in [4.78, 5) is 14.1. The standard InChI is InChI=1S/C33H41F3N4O6S/c1-5-32(41)46-25(21-44-2)20-39-16-13-23(14-17-39)38-28-9-6-10-30-27(28)18-24(40(30)22-33(34,35)36)8-7-15-37-29-12-11-26(47(4,42)43)19-31(29)45-3/h6,9-12,18-19,23,25,37-38H,5,13-17,20-22H2,1-4H3/t25-/m0/s1. The normalized spacial score (nSPS) is 15.1. The molecule has 2 N–H and O–H groups in total. The Morgan fingerprint density at radius 2 is 1.85 bits per heavy atom. The van der Waals surface area contributed by atoms with E-state index < -0.39 is 22.6 Å². The van der Waals surface area contributed by atoms with Crippen molar-refractivity contribution < 1.29 is 40.6 Å². The first-order valence-corrected chi connectivity index (χ1v) is 17.2. The van der Waals surface area contributed by atoms with Gasteiger partial charge in [-0.3, -0.25) is 9.69 Å². The highest BCUT2D eigenvalue weighted by Crippen LogP contribution is 2.32. The third kappa shape index (κ3) is 10.0. The molecule has 14 heteroatoms. The number of fused-ring (bicyclic) bond motifs is 1. The number of carbonyl (C=O) groups excluding carboxylic acids is 1. The van der Waals surface area contributed by atoms with Crippen LogP contribution < -0.4 is 15.4 Å². The number of piperidine rings is 1. The van der Waals surface area contributed by atoms with Crippen LogP contribution in [-0.4, -0.2) is 95.4 Å². The Hall–Kier alpha value is -3.93. The second-order valence-electron chi connectivity index (χ2n) is 11.4. The predicted octanol–water partition coefficient (Wildman–Crippen LogP) is 4.92. The number of rotatable bonds is 13. The van der Waals surface area contributed by atoms with Gasteiger partial charge in [0.1, 0.15) is 18.4 Å². The van der Waals surface area contributed by atoms with Crippen molar-refractivity contribution in [2.45, 2.75) is 55.9 Å². The van der Waals surface area contributed by atoms with Gasteiger partial charge < -0.3 is 29.4 Å². The summed E-state index contributed by atoms with van der Waals surface area (Å²) >= 11 is 0. The van der Waals surface area contributed by atoms with Gasteiger partial charge in [-0.2, -0.15) is 13.2 Å². The van der Waals surface area contributed by atoms with E-state index in [2.05, 4.69) is 27.4 Å². The van der Waals surface area contributed by atoms with E-state index in [0.717, 1.165) is 37.9 Å². The summed E-state index contributed by atoms with van der Waals surface area (Å²) in [5, 5.41) is 7.22. The molecule has 47 heavy (non-hydrogen) atoms. The van der Waals surface area contributed by atoms with Gasteiger partial charge in [0.2, 0.25) is 0 Å².